The van der Waals surface area contributed by atoms with Crippen molar-refractivity contribution in [2.24, 2.45) is 0 Å². The van der Waals surface area contributed by atoms with E-state index in [1.807, 2.05) is 13.0 Å². The van der Waals surface area contributed by atoms with E-state index >= 15 is 0 Å². The molecule has 0 aliphatic heterocycles. The van der Waals surface area contributed by atoms with E-state index < -0.39 is 6.10 Å². The van der Waals surface area contributed by atoms with Crippen molar-refractivity contribution in [1.82, 2.24) is 9.97 Å². The average Bonchev–Trinajstić information content (AvgIpc) is 2.30. The molecular formula is C12H11ClN2O. The Morgan fingerprint density at radius 1 is 1.25 bits per heavy atom. The summed E-state index contributed by atoms with van der Waals surface area (Å²) in [5.74, 6) is 0. The lowest BCUT2D eigenvalue weighted by Gasteiger charge is -2.12. The predicted octanol–water partition coefficient (Wildman–Crippen LogP) is 2.52. The number of aliphatic hydroxyl groups is 1. The number of halogens is 1. The van der Waals surface area contributed by atoms with Gasteiger partial charge in [0.25, 0.3) is 0 Å². The minimum atomic E-state index is -0.710. The zero-order valence-corrected chi connectivity index (χ0v) is 9.52. The second-order valence-electron chi connectivity index (χ2n) is 3.55. The number of hydrogen-bond acceptors (Lipinski definition) is 3. The van der Waals surface area contributed by atoms with Crippen molar-refractivity contribution in [2.45, 2.75) is 13.0 Å². The highest BCUT2D eigenvalue weighted by Crippen LogP contribution is 2.23. The van der Waals surface area contributed by atoms with E-state index in [0.29, 0.717) is 10.7 Å². The third-order valence-electron chi connectivity index (χ3n) is 2.44. The lowest BCUT2D eigenvalue weighted by atomic mass is 10.0. The molecule has 0 aliphatic carbocycles. The van der Waals surface area contributed by atoms with Crippen LogP contribution in [0.15, 0.2) is 36.8 Å². The predicted molar refractivity (Wildman–Crippen MR) is 62.3 cm³/mol. The Hall–Kier alpha value is -1.45. The van der Waals surface area contributed by atoms with Crippen LogP contribution in [0.1, 0.15) is 22.8 Å². The molecule has 2 aromatic rings. The highest BCUT2D eigenvalue weighted by molar-refractivity contribution is 6.29. The first-order valence-corrected chi connectivity index (χ1v) is 5.26. The van der Waals surface area contributed by atoms with E-state index in [-0.39, 0.29) is 0 Å². The van der Waals surface area contributed by atoms with Crippen LogP contribution in [0.5, 0.6) is 0 Å². The zero-order chi connectivity index (χ0) is 11.5. The first kappa shape index (κ1) is 11.0. The molecule has 82 valence electrons. The Balaban J connectivity index is 2.35. The topological polar surface area (TPSA) is 46.0 Å². The summed E-state index contributed by atoms with van der Waals surface area (Å²) >= 11 is 5.69. The van der Waals surface area contributed by atoms with Gasteiger partial charge in [-0.3, -0.25) is 4.98 Å². The number of rotatable bonds is 2. The molecule has 1 unspecified atom stereocenters. The molecule has 2 aromatic heterocycles. The maximum absolute atomic E-state index is 10.1. The Morgan fingerprint density at radius 3 is 2.69 bits per heavy atom. The van der Waals surface area contributed by atoms with Crippen LogP contribution in [0, 0.1) is 6.92 Å². The van der Waals surface area contributed by atoms with Gasteiger partial charge in [0.15, 0.2) is 0 Å². The summed E-state index contributed by atoms with van der Waals surface area (Å²) in [4.78, 5) is 7.94. The van der Waals surface area contributed by atoms with Gasteiger partial charge in [0, 0.05) is 29.7 Å². The maximum Gasteiger partial charge on any atom is 0.129 e. The van der Waals surface area contributed by atoms with Gasteiger partial charge in [0.05, 0.1) is 0 Å². The molecule has 0 fully saturated rings. The number of pyridine rings is 2. The minimum Gasteiger partial charge on any atom is -0.384 e. The molecule has 0 saturated heterocycles. The minimum absolute atomic E-state index is 0.416. The Bertz CT molecular complexity index is 485. The van der Waals surface area contributed by atoms with Crippen molar-refractivity contribution < 1.29 is 5.11 Å². The van der Waals surface area contributed by atoms with Gasteiger partial charge < -0.3 is 5.11 Å². The van der Waals surface area contributed by atoms with Crippen molar-refractivity contribution in [1.29, 1.82) is 0 Å². The molecule has 0 saturated carbocycles. The fourth-order valence-corrected chi connectivity index (χ4v) is 1.60. The average molecular weight is 235 g/mol. The van der Waals surface area contributed by atoms with E-state index in [2.05, 4.69) is 9.97 Å². The molecule has 16 heavy (non-hydrogen) atoms. The number of nitrogens with zero attached hydrogens (tertiary/aromatic N) is 2. The lowest BCUT2D eigenvalue weighted by Crippen LogP contribution is -2.02. The van der Waals surface area contributed by atoms with Crippen LogP contribution in [0.4, 0.5) is 0 Å². The van der Waals surface area contributed by atoms with Crippen LogP contribution in [-0.4, -0.2) is 15.1 Å². The fourth-order valence-electron chi connectivity index (χ4n) is 1.49. The Kier molecular flexibility index (Phi) is 3.17. The molecule has 0 radical (unpaired) electrons. The van der Waals surface area contributed by atoms with Crippen molar-refractivity contribution in [3.05, 3.63) is 58.6 Å². The van der Waals surface area contributed by atoms with E-state index in [4.69, 9.17) is 11.6 Å². The van der Waals surface area contributed by atoms with Crippen molar-refractivity contribution in [2.75, 3.05) is 0 Å². The van der Waals surface area contributed by atoms with E-state index in [1.165, 1.54) is 0 Å². The number of aliphatic hydroxyl groups excluding tert-OH is 1. The van der Waals surface area contributed by atoms with Gasteiger partial charge in [-0.1, -0.05) is 17.7 Å². The molecule has 0 amide bonds. The molecular weight excluding hydrogens is 224 g/mol. The number of aryl methyl sites for hydroxylation is 1. The van der Waals surface area contributed by atoms with Gasteiger partial charge in [-0.05, 0) is 24.6 Å². The summed E-state index contributed by atoms with van der Waals surface area (Å²) in [7, 11) is 0. The highest BCUT2D eigenvalue weighted by Gasteiger charge is 2.12. The van der Waals surface area contributed by atoms with Crippen LogP contribution < -0.4 is 0 Å². The summed E-state index contributed by atoms with van der Waals surface area (Å²) in [6.45, 7) is 1.93. The molecule has 4 heteroatoms. The largest absolute Gasteiger partial charge is 0.384 e. The Labute approximate surface area is 98.8 Å². The molecule has 1 atom stereocenters. The molecule has 0 spiro atoms. The highest BCUT2D eigenvalue weighted by atomic mass is 35.5. The van der Waals surface area contributed by atoms with Gasteiger partial charge in [0.1, 0.15) is 11.3 Å². The lowest BCUT2D eigenvalue weighted by molar-refractivity contribution is 0.218. The van der Waals surface area contributed by atoms with Crippen LogP contribution in [0.3, 0.4) is 0 Å². The summed E-state index contributed by atoms with van der Waals surface area (Å²) < 4.78 is 0. The third-order valence-corrected chi connectivity index (χ3v) is 2.66. The van der Waals surface area contributed by atoms with E-state index in [1.54, 1.807) is 30.7 Å². The molecule has 0 bridgehead atoms. The van der Waals surface area contributed by atoms with Gasteiger partial charge in [-0.2, -0.15) is 0 Å². The molecule has 2 heterocycles. The number of aromatic nitrogens is 2. The smallest absolute Gasteiger partial charge is 0.129 e. The van der Waals surface area contributed by atoms with Crippen LogP contribution in [0.25, 0.3) is 0 Å². The van der Waals surface area contributed by atoms with Gasteiger partial charge in [-0.15, -0.1) is 0 Å². The Morgan fingerprint density at radius 2 is 2.06 bits per heavy atom. The second kappa shape index (κ2) is 4.60. The van der Waals surface area contributed by atoms with E-state index in [9.17, 15) is 5.11 Å². The monoisotopic (exact) mass is 234 g/mol. The van der Waals surface area contributed by atoms with Crippen molar-refractivity contribution >= 4 is 11.6 Å². The first-order chi connectivity index (χ1) is 7.68. The van der Waals surface area contributed by atoms with Crippen LogP contribution >= 0.6 is 11.6 Å². The van der Waals surface area contributed by atoms with Crippen LogP contribution in [-0.2, 0) is 0 Å². The number of hydrogen-bond donors (Lipinski definition) is 1. The van der Waals surface area contributed by atoms with Crippen LogP contribution in [0.2, 0.25) is 5.15 Å². The molecule has 2 rings (SSSR count). The molecule has 0 aromatic carbocycles. The standard InChI is InChI=1S/C12H11ClN2O/c1-8-4-5-14-7-10(8)12(16)9-2-3-11(13)15-6-9/h2-7,12,16H,1H3. The third kappa shape index (κ3) is 2.21. The molecule has 3 nitrogen and oxygen atoms in total. The summed E-state index contributed by atoms with van der Waals surface area (Å²) in [5, 5.41) is 10.6. The summed E-state index contributed by atoms with van der Waals surface area (Å²) in [6, 6.07) is 5.28. The maximum atomic E-state index is 10.1. The zero-order valence-electron chi connectivity index (χ0n) is 8.76. The summed E-state index contributed by atoms with van der Waals surface area (Å²) in [6.07, 6.45) is 4.22. The molecule has 0 aliphatic rings. The normalized spacial score (nSPS) is 12.4. The van der Waals surface area contributed by atoms with Crippen molar-refractivity contribution in [3.63, 3.8) is 0 Å². The van der Waals surface area contributed by atoms with Gasteiger partial charge in [0.2, 0.25) is 0 Å². The van der Waals surface area contributed by atoms with Crippen molar-refractivity contribution in [3.8, 4) is 0 Å². The van der Waals surface area contributed by atoms with E-state index in [0.717, 1.165) is 11.1 Å². The first-order valence-electron chi connectivity index (χ1n) is 4.88. The fraction of sp³-hybridized carbons (Fsp3) is 0.167. The second-order valence-corrected chi connectivity index (χ2v) is 3.94. The van der Waals surface area contributed by atoms with Gasteiger partial charge >= 0.3 is 0 Å². The van der Waals surface area contributed by atoms with Gasteiger partial charge in [-0.25, -0.2) is 4.98 Å². The molecule has 1 N–H and O–H groups in total. The quantitative estimate of drug-likeness (QED) is 0.813. The SMILES string of the molecule is Cc1ccncc1C(O)c1ccc(Cl)nc1. The summed E-state index contributed by atoms with van der Waals surface area (Å²) in [5.41, 5.74) is 2.49.